The third kappa shape index (κ3) is 2.90. The van der Waals surface area contributed by atoms with Crippen LogP contribution in [0.25, 0.3) is 0 Å². The van der Waals surface area contributed by atoms with E-state index in [0.717, 1.165) is 22.2 Å². The summed E-state index contributed by atoms with van der Waals surface area (Å²) in [5.41, 5.74) is 0.0908. The van der Waals surface area contributed by atoms with Crippen LogP contribution in [0, 0.1) is 17.8 Å². The Labute approximate surface area is 139 Å². The zero-order chi connectivity index (χ0) is 15.2. The molecule has 0 aliphatic heterocycles. The van der Waals surface area contributed by atoms with Gasteiger partial charge in [0.05, 0.1) is 17.2 Å². The van der Waals surface area contributed by atoms with E-state index in [1.165, 1.54) is 38.5 Å². The number of carbonyl (C=O) groups excluding carboxylic acids is 1. The molecule has 4 aliphatic carbocycles. The SMILES string of the molecule is O=C(NCCn1cc(Br)cn1)NC12CC3CC(CC(C3)C1)C2. The predicted molar refractivity (Wildman–Crippen MR) is 87.4 cm³/mol. The topological polar surface area (TPSA) is 59.0 Å². The Morgan fingerprint density at radius 2 is 1.91 bits per heavy atom. The summed E-state index contributed by atoms with van der Waals surface area (Å²) in [5, 5.41) is 10.5. The van der Waals surface area contributed by atoms with Gasteiger partial charge in [-0.05, 0) is 72.2 Å². The highest BCUT2D eigenvalue weighted by Crippen LogP contribution is 2.55. The lowest BCUT2D eigenvalue weighted by molar-refractivity contribution is -0.0135. The molecule has 4 aliphatic rings. The molecule has 4 saturated carbocycles. The molecule has 120 valence electrons. The molecule has 0 saturated heterocycles. The molecule has 1 heterocycles. The molecule has 4 bridgehead atoms. The normalized spacial score (nSPS) is 35.6. The van der Waals surface area contributed by atoms with Crippen molar-refractivity contribution in [3.05, 3.63) is 16.9 Å². The van der Waals surface area contributed by atoms with Gasteiger partial charge >= 0.3 is 6.03 Å². The van der Waals surface area contributed by atoms with Crippen molar-refractivity contribution >= 4 is 22.0 Å². The Bertz CT molecular complexity index is 535. The minimum absolute atomic E-state index is 0.00632. The van der Waals surface area contributed by atoms with Crippen LogP contribution in [-0.2, 0) is 6.54 Å². The zero-order valence-electron chi connectivity index (χ0n) is 12.7. The number of nitrogens with zero attached hydrogens (tertiary/aromatic N) is 2. The Kier molecular flexibility index (Phi) is 3.67. The zero-order valence-corrected chi connectivity index (χ0v) is 14.3. The van der Waals surface area contributed by atoms with Gasteiger partial charge in [-0.2, -0.15) is 5.10 Å². The summed E-state index contributed by atoms with van der Waals surface area (Å²) < 4.78 is 2.79. The molecule has 4 fully saturated rings. The van der Waals surface area contributed by atoms with Crippen molar-refractivity contribution in [1.29, 1.82) is 0 Å². The first-order chi connectivity index (χ1) is 10.6. The van der Waals surface area contributed by atoms with Gasteiger partial charge < -0.3 is 10.6 Å². The van der Waals surface area contributed by atoms with Gasteiger partial charge in [0.15, 0.2) is 0 Å². The lowest BCUT2D eigenvalue weighted by Gasteiger charge is -2.56. The predicted octanol–water partition coefficient (Wildman–Crippen LogP) is 2.91. The first-order valence-corrected chi connectivity index (χ1v) is 9.13. The molecule has 2 amide bonds. The van der Waals surface area contributed by atoms with Crippen molar-refractivity contribution in [3.63, 3.8) is 0 Å². The fraction of sp³-hybridized carbons (Fsp3) is 0.750. The number of urea groups is 1. The first-order valence-electron chi connectivity index (χ1n) is 8.34. The average molecular weight is 367 g/mol. The third-order valence-electron chi connectivity index (χ3n) is 5.65. The van der Waals surface area contributed by atoms with E-state index in [1.54, 1.807) is 6.20 Å². The second kappa shape index (κ2) is 5.55. The summed E-state index contributed by atoms with van der Waals surface area (Å²) >= 11 is 3.37. The third-order valence-corrected chi connectivity index (χ3v) is 6.05. The van der Waals surface area contributed by atoms with Crippen LogP contribution in [0.2, 0.25) is 0 Å². The van der Waals surface area contributed by atoms with Crippen LogP contribution >= 0.6 is 15.9 Å². The molecule has 0 spiro atoms. The second-order valence-corrected chi connectivity index (χ2v) is 8.42. The standard InChI is InChI=1S/C16H23BrN4O/c17-14-9-19-21(10-14)2-1-18-15(22)20-16-6-11-3-12(7-16)5-13(4-11)8-16/h9-13H,1-8H2,(H2,18,20,22). The largest absolute Gasteiger partial charge is 0.336 e. The second-order valence-electron chi connectivity index (χ2n) is 7.50. The van der Waals surface area contributed by atoms with Gasteiger partial charge in [0.2, 0.25) is 0 Å². The molecule has 0 atom stereocenters. The molecule has 5 rings (SSSR count). The highest BCUT2D eigenvalue weighted by Gasteiger charge is 2.51. The fourth-order valence-corrected chi connectivity index (χ4v) is 5.62. The maximum Gasteiger partial charge on any atom is 0.315 e. The van der Waals surface area contributed by atoms with E-state index in [1.807, 2.05) is 10.9 Å². The summed E-state index contributed by atoms with van der Waals surface area (Å²) in [7, 11) is 0. The molecular formula is C16H23BrN4O. The molecular weight excluding hydrogens is 344 g/mol. The van der Waals surface area contributed by atoms with Gasteiger partial charge in [0.25, 0.3) is 0 Å². The highest BCUT2D eigenvalue weighted by molar-refractivity contribution is 9.10. The minimum Gasteiger partial charge on any atom is -0.336 e. The van der Waals surface area contributed by atoms with Crippen molar-refractivity contribution < 1.29 is 4.79 Å². The Balaban J connectivity index is 1.29. The molecule has 1 aromatic heterocycles. The fourth-order valence-electron chi connectivity index (χ4n) is 5.29. The highest BCUT2D eigenvalue weighted by atomic mass is 79.9. The quantitative estimate of drug-likeness (QED) is 0.860. The number of rotatable bonds is 4. The van der Waals surface area contributed by atoms with Gasteiger partial charge in [-0.1, -0.05) is 0 Å². The maximum absolute atomic E-state index is 12.3. The van der Waals surface area contributed by atoms with E-state index in [0.29, 0.717) is 13.1 Å². The minimum atomic E-state index is -0.00632. The van der Waals surface area contributed by atoms with Crippen LogP contribution < -0.4 is 10.6 Å². The smallest absolute Gasteiger partial charge is 0.315 e. The molecule has 6 heteroatoms. The number of hydrogen-bond donors (Lipinski definition) is 2. The van der Waals surface area contributed by atoms with E-state index in [9.17, 15) is 4.79 Å². The lowest BCUT2D eigenvalue weighted by Crippen LogP contribution is -2.61. The van der Waals surface area contributed by atoms with Crippen molar-refractivity contribution in [2.75, 3.05) is 6.54 Å². The van der Waals surface area contributed by atoms with Gasteiger partial charge in [-0.25, -0.2) is 4.79 Å². The Morgan fingerprint density at radius 3 is 2.45 bits per heavy atom. The van der Waals surface area contributed by atoms with Crippen LogP contribution in [0.4, 0.5) is 4.79 Å². The molecule has 0 aromatic carbocycles. The summed E-state index contributed by atoms with van der Waals surface area (Å²) in [6.07, 6.45) is 11.5. The van der Waals surface area contributed by atoms with Gasteiger partial charge in [0, 0.05) is 18.3 Å². The summed E-state index contributed by atoms with van der Waals surface area (Å²) in [5.74, 6) is 2.56. The van der Waals surface area contributed by atoms with Crippen molar-refractivity contribution in [2.24, 2.45) is 17.8 Å². The molecule has 22 heavy (non-hydrogen) atoms. The van der Waals surface area contributed by atoms with E-state index < -0.39 is 0 Å². The number of amides is 2. The van der Waals surface area contributed by atoms with Gasteiger partial charge in [0.1, 0.15) is 0 Å². The number of hydrogen-bond acceptors (Lipinski definition) is 2. The van der Waals surface area contributed by atoms with Crippen LogP contribution in [-0.4, -0.2) is 27.9 Å². The van der Waals surface area contributed by atoms with Gasteiger partial charge in [-0.15, -0.1) is 0 Å². The molecule has 2 N–H and O–H groups in total. The molecule has 0 radical (unpaired) electrons. The summed E-state index contributed by atoms with van der Waals surface area (Å²) in [4.78, 5) is 12.3. The molecule has 1 aromatic rings. The number of halogens is 1. The number of carbonyl (C=O) groups is 1. The van der Waals surface area contributed by atoms with Crippen LogP contribution in [0.5, 0.6) is 0 Å². The lowest BCUT2D eigenvalue weighted by atomic mass is 9.53. The summed E-state index contributed by atoms with van der Waals surface area (Å²) in [6, 6.07) is -0.00632. The van der Waals surface area contributed by atoms with Crippen LogP contribution in [0.1, 0.15) is 38.5 Å². The van der Waals surface area contributed by atoms with Crippen molar-refractivity contribution in [2.45, 2.75) is 50.6 Å². The van der Waals surface area contributed by atoms with Crippen LogP contribution in [0.15, 0.2) is 16.9 Å². The Hall–Kier alpha value is -1.04. The van der Waals surface area contributed by atoms with Crippen molar-refractivity contribution in [1.82, 2.24) is 20.4 Å². The Morgan fingerprint density at radius 1 is 1.27 bits per heavy atom. The van der Waals surface area contributed by atoms with Gasteiger partial charge in [-0.3, -0.25) is 4.68 Å². The van der Waals surface area contributed by atoms with E-state index in [2.05, 4.69) is 31.7 Å². The monoisotopic (exact) mass is 366 g/mol. The summed E-state index contributed by atoms with van der Waals surface area (Å²) in [6.45, 7) is 1.30. The molecule has 5 nitrogen and oxygen atoms in total. The number of nitrogens with one attached hydrogen (secondary N) is 2. The maximum atomic E-state index is 12.3. The molecule has 0 unspecified atom stereocenters. The van der Waals surface area contributed by atoms with Crippen LogP contribution in [0.3, 0.4) is 0 Å². The van der Waals surface area contributed by atoms with E-state index in [-0.39, 0.29) is 11.6 Å². The first kappa shape index (κ1) is 14.5. The van der Waals surface area contributed by atoms with E-state index >= 15 is 0 Å². The average Bonchev–Trinajstić information content (AvgIpc) is 2.82. The van der Waals surface area contributed by atoms with Crippen molar-refractivity contribution in [3.8, 4) is 0 Å². The van der Waals surface area contributed by atoms with E-state index in [4.69, 9.17) is 0 Å². The number of aromatic nitrogens is 2.